The van der Waals surface area contributed by atoms with Crippen LogP contribution in [-0.4, -0.2) is 23.7 Å². The van der Waals surface area contributed by atoms with E-state index in [-0.39, 0.29) is 5.00 Å². The van der Waals surface area contributed by atoms with Crippen LogP contribution in [0.3, 0.4) is 0 Å². The average Bonchev–Trinajstić information content (AvgIpc) is 2.98. The first-order valence-corrected chi connectivity index (χ1v) is 8.12. The Bertz CT molecular complexity index is 760. The van der Waals surface area contributed by atoms with Gasteiger partial charge in [0.05, 0.1) is 28.2 Å². The van der Waals surface area contributed by atoms with Crippen molar-refractivity contribution < 1.29 is 14.5 Å². The summed E-state index contributed by atoms with van der Waals surface area (Å²) in [7, 11) is 0. The van der Waals surface area contributed by atoms with E-state index >= 15 is 0 Å². The Balaban J connectivity index is 2.08. The number of halogens is 1. The number of thiophene rings is 1. The largest absolute Gasteiger partial charge is 0.493 e. The molecule has 0 bridgehead atoms. The van der Waals surface area contributed by atoms with Crippen molar-refractivity contribution in [3.05, 3.63) is 55.4 Å². The molecule has 2 aromatic rings. The normalized spacial score (nSPS) is 10.7. The lowest BCUT2D eigenvalue weighted by molar-refractivity contribution is -0.380. The van der Waals surface area contributed by atoms with Gasteiger partial charge in [0, 0.05) is 10.5 Å². The molecule has 0 radical (unpaired) electrons. The lowest BCUT2D eigenvalue weighted by Crippen LogP contribution is -2.18. The molecule has 1 amide bonds. The molecular weight excluding hydrogens is 386 g/mol. The zero-order valence-electron chi connectivity index (χ0n) is 12.0. The van der Waals surface area contributed by atoms with Gasteiger partial charge >= 0.3 is 5.00 Å². The van der Waals surface area contributed by atoms with Gasteiger partial charge in [-0.2, -0.15) is 5.10 Å². The van der Waals surface area contributed by atoms with E-state index in [4.69, 9.17) is 4.74 Å². The summed E-state index contributed by atoms with van der Waals surface area (Å²) in [6.45, 7) is 2.26. The number of carbonyl (C=O) groups excluding carboxylic acids is 1. The molecule has 120 valence electrons. The Morgan fingerprint density at radius 1 is 1.48 bits per heavy atom. The highest BCUT2D eigenvalue weighted by atomic mass is 79.9. The van der Waals surface area contributed by atoms with E-state index in [1.165, 1.54) is 12.3 Å². The van der Waals surface area contributed by atoms with Gasteiger partial charge in [0.15, 0.2) is 0 Å². The van der Waals surface area contributed by atoms with E-state index in [2.05, 4.69) is 26.5 Å². The average molecular weight is 398 g/mol. The zero-order chi connectivity index (χ0) is 16.8. The molecule has 1 heterocycles. The molecule has 0 atom stereocenters. The number of ether oxygens (including phenoxy) is 1. The molecule has 0 spiro atoms. The molecular formula is C14H12BrN3O4S. The first-order valence-electron chi connectivity index (χ1n) is 6.51. The third-order valence-corrected chi connectivity index (χ3v) is 4.10. The summed E-state index contributed by atoms with van der Waals surface area (Å²) in [5.41, 5.74) is 2.72. The Hall–Kier alpha value is -2.26. The minimum Gasteiger partial charge on any atom is -0.493 e. The molecule has 23 heavy (non-hydrogen) atoms. The van der Waals surface area contributed by atoms with Crippen molar-refractivity contribution >= 4 is 44.4 Å². The van der Waals surface area contributed by atoms with Crippen molar-refractivity contribution in [3.8, 4) is 5.75 Å². The first-order chi connectivity index (χ1) is 11.0. The maximum absolute atomic E-state index is 12.2. The van der Waals surface area contributed by atoms with Crippen molar-refractivity contribution in [2.24, 2.45) is 5.10 Å². The van der Waals surface area contributed by atoms with E-state index in [0.29, 0.717) is 22.8 Å². The van der Waals surface area contributed by atoms with Gasteiger partial charge in [0.2, 0.25) is 0 Å². The molecule has 0 aliphatic heterocycles. The monoisotopic (exact) mass is 397 g/mol. The van der Waals surface area contributed by atoms with Crippen molar-refractivity contribution in [1.29, 1.82) is 0 Å². The van der Waals surface area contributed by atoms with Crippen molar-refractivity contribution in [3.63, 3.8) is 0 Å². The molecule has 0 aliphatic rings. The fourth-order valence-electron chi connectivity index (χ4n) is 1.69. The number of hydrogen-bond acceptors (Lipinski definition) is 6. The Kier molecular flexibility index (Phi) is 5.83. The number of nitro groups is 1. The molecule has 0 saturated carbocycles. The van der Waals surface area contributed by atoms with Crippen LogP contribution in [-0.2, 0) is 0 Å². The van der Waals surface area contributed by atoms with Gasteiger partial charge in [-0.25, -0.2) is 5.43 Å². The van der Waals surface area contributed by atoms with Gasteiger partial charge in [-0.15, -0.1) is 0 Å². The van der Waals surface area contributed by atoms with E-state index in [9.17, 15) is 14.9 Å². The van der Waals surface area contributed by atoms with Gasteiger partial charge in [-0.05, 0) is 31.2 Å². The number of hydrogen-bond donors (Lipinski definition) is 1. The second kappa shape index (κ2) is 7.84. The van der Waals surface area contributed by atoms with Gasteiger partial charge in [0.25, 0.3) is 5.91 Å². The summed E-state index contributed by atoms with van der Waals surface area (Å²) in [5.74, 6) is 0.0206. The van der Waals surface area contributed by atoms with Crippen LogP contribution in [0.2, 0.25) is 0 Å². The van der Waals surface area contributed by atoms with E-state index in [1.54, 1.807) is 24.3 Å². The van der Waals surface area contributed by atoms with Crippen LogP contribution in [0.5, 0.6) is 5.75 Å². The molecule has 2 rings (SSSR count). The Labute approximate surface area is 144 Å². The maximum Gasteiger partial charge on any atom is 0.324 e. The summed E-state index contributed by atoms with van der Waals surface area (Å²) >= 11 is 4.27. The molecule has 0 aliphatic carbocycles. The van der Waals surface area contributed by atoms with Crippen LogP contribution in [0, 0.1) is 10.1 Å². The SMILES string of the molecule is CCOc1ccc(Br)cc1C(=O)N/N=C/c1ccc([N+](=O)[O-])s1. The molecule has 0 saturated heterocycles. The minimum absolute atomic E-state index is 0.0170. The van der Waals surface area contributed by atoms with Crippen LogP contribution >= 0.6 is 27.3 Å². The van der Waals surface area contributed by atoms with Gasteiger partial charge in [-0.3, -0.25) is 14.9 Å². The molecule has 1 aromatic carbocycles. The summed E-state index contributed by atoms with van der Waals surface area (Å²) in [4.78, 5) is 22.9. The third kappa shape index (κ3) is 4.60. The smallest absolute Gasteiger partial charge is 0.324 e. The van der Waals surface area contributed by atoms with Crippen LogP contribution < -0.4 is 10.2 Å². The third-order valence-electron chi connectivity index (χ3n) is 2.64. The Morgan fingerprint density at radius 3 is 2.91 bits per heavy atom. The standard InChI is InChI=1S/C14H12BrN3O4S/c1-2-22-12-5-3-9(15)7-11(12)14(19)17-16-8-10-4-6-13(23-10)18(20)21/h3-8H,2H2,1H3,(H,17,19)/b16-8+. The summed E-state index contributed by atoms with van der Waals surface area (Å²) < 4.78 is 6.14. The summed E-state index contributed by atoms with van der Waals surface area (Å²) in [5, 5.41) is 14.4. The zero-order valence-corrected chi connectivity index (χ0v) is 14.4. The summed E-state index contributed by atoms with van der Waals surface area (Å²) in [6, 6.07) is 8.04. The van der Waals surface area contributed by atoms with Crippen LogP contribution in [0.15, 0.2) is 39.9 Å². The van der Waals surface area contributed by atoms with Crippen molar-refractivity contribution in [2.45, 2.75) is 6.92 Å². The van der Waals surface area contributed by atoms with Gasteiger partial charge in [-0.1, -0.05) is 27.3 Å². The van der Waals surface area contributed by atoms with E-state index in [0.717, 1.165) is 15.8 Å². The van der Waals surface area contributed by atoms with Crippen LogP contribution in [0.1, 0.15) is 22.2 Å². The number of hydrazone groups is 1. The number of amides is 1. The van der Waals surface area contributed by atoms with Crippen LogP contribution in [0.25, 0.3) is 0 Å². The van der Waals surface area contributed by atoms with Gasteiger partial charge < -0.3 is 4.74 Å². The number of nitrogens with one attached hydrogen (secondary N) is 1. The predicted molar refractivity (Wildman–Crippen MR) is 91.3 cm³/mol. The quantitative estimate of drug-likeness (QED) is 0.457. The predicted octanol–water partition coefficient (Wildman–Crippen LogP) is 3.58. The lowest BCUT2D eigenvalue weighted by atomic mass is 10.2. The first kappa shape index (κ1) is 17.1. The number of nitrogens with zero attached hydrogens (tertiary/aromatic N) is 2. The highest BCUT2D eigenvalue weighted by Gasteiger charge is 2.13. The maximum atomic E-state index is 12.2. The molecule has 1 N–H and O–H groups in total. The molecule has 0 unspecified atom stereocenters. The highest BCUT2D eigenvalue weighted by molar-refractivity contribution is 9.10. The molecule has 0 fully saturated rings. The number of benzene rings is 1. The molecule has 1 aromatic heterocycles. The molecule has 9 heteroatoms. The lowest BCUT2D eigenvalue weighted by Gasteiger charge is -2.09. The minimum atomic E-state index is -0.476. The second-order valence-electron chi connectivity index (χ2n) is 4.21. The highest BCUT2D eigenvalue weighted by Crippen LogP contribution is 2.24. The van der Waals surface area contributed by atoms with Crippen molar-refractivity contribution in [2.75, 3.05) is 6.61 Å². The van der Waals surface area contributed by atoms with Gasteiger partial charge in [0.1, 0.15) is 5.75 Å². The fourth-order valence-corrected chi connectivity index (χ4v) is 2.74. The number of rotatable bonds is 6. The molecule has 7 nitrogen and oxygen atoms in total. The second-order valence-corrected chi connectivity index (χ2v) is 6.22. The topological polar surface area (TPSA) is 93.8 Å². The van der Waals surface area contributed by atoms with E-state index < -0.39 is 10.8 Å². The Morgan fingerprint density at radius 2 is 2.26 bits per heavy atom. The fraction of sp³-hybridized carbons (Fsp3) is 0.143. The number of carbonyl (C=O) groups is 1. The van der Waals surface area contributed by atoms with Crippen molar-refractivity contribution in [1.82, 2.24) is 5.43 Å². The summed E-state index contributed by atoms with van der Waals surface area (Å²) in [6.07, 6.45) is 1.36. The van der Waals surface area contributed by atoms with E-state index in [1.807, 2.05) is 6.92 Å². The van der Waals surface area contributed by atoms with Crippen LogP contribution in [0.4, 0.5) is 5.00 Å².